The predicted molar refractivity (Wildman–Crippen MR) is 78.3 cm³/mol. The first-order chi connectivity index (χ1) is 9.02. The third-order valence-corrected chi connectivity index (χ3v) is 3.59. The van der Waals surface area contributed by atoms with Gasteiger partial charge in [-0.25, -0.2) is 4.79 Å². The predicted octanol–water partition coefficient (Wildman–Crippen LogP) is 3.03. The van der Waals surface area contributed by atoms with Gasteiger partial charge in [0.05, 0.1) is 0 Å². The Morgan fingerprint density at radius 2 is 1.95 bits per heavy atom. The second kappa shape index (κ2) is 5.61. The zero-order valence-electron chi connectivity index (χ0n) is 11.9. The van der Waals surface area contributed by atoms with Crippen LogP contribution in [0.15, 0.2) is 24.3 Å². The maximum atomic E-state index is 11.8. The van der Waals surface area contributed by atoms with E-state index in [1.54, 1.807) is 0 Å². The van der Waals surface area contributed by atoms with Crippen LogP contribution < -0.4 is 16.0 Å². The average molecular weight is 261 g/mol. The molecular formula is C15H23N3O. The molecule has 0 radical (unpaired) electrons. The molecule has 2 rings (SSSR count). The van der Waals surface area contributed by atoms with Crippen molar-refractivity contribution >= 4 is 11.7 Å². The number of hydrogen-bond acceptors (Lipinski definition) is 2. The Morgan fingerprint density at radius 3 is 2.47 bits per heavy atom. The van der Waals surface area contributed by atoms with E-state index >= 15 is 0 Å². The van der Waals surface area contributed by atoms with Crippen LogP contribution in [0, 0.1) is 0 Å². The van der Waals surface area contributed by atoms with Crippen molar-refractivity contribution in [3.63, 3.8) is 0 Å². The van der Waals surface area contributed by atoms with Crippen molar-refractivity contribution in [2.24, 2.45) is 0 Å². The Labute approximate surface area is 115 Å². The number of benzene rings is 1. The third kappa shape index (κ3) is 3.96. The van der Waals surface area contributed by atoms with Crippen LogP contribution in [0.25, 0.3) is 0 Å². The van der Waals surface area contributed by atoms with Gasteiger partial charge in [-0.3, -0.25) is 0 Å². The lowest BCUT2D eigenvalue weighted by Crippen LogP contribution is -2.37. The van der Waals surface area contributed by atoms with Gasteiger partial charge in [-0.1, -0.05) is 19.1 Å². The van der Waals surface area contributed by atoms with Gasteiger partial charge >= 0.3 is 6.03 Å². The molecule has 4 heteroatoms. The number of carbonyl (C=O) groups excluding carboxylic acids is 1. The molecule has 4 nitrogen and oxygen atoms in total. The molecule has 0 bridgehead atoms. The molecule has 0 spiro atoms. The highest BCUT2D eigenvalue weighted by Gasteiger charge is 2.38. The highest BCUT2D eigenvalue weighted by molar-refractivity contribution is 5.90. The second-order valence-electron chi connectivity index (χ2n) is 5.54. The van der Waals surface area contributed by atoms with Crippen LogP contribution in [0.5, 0.6) is 0 Å². The van der Waals surface area contributed by atoms with Crippen molar-refractivity contribution in [3.05, 3.63) is 29.8 Å². The SMILES string of the molecule is CCNC(C)c1ccc(NC(=O)NC2(C)CC2)cc1. The normalized spacial score (nSPS) is 17.6. The molecule has 2 amide bonds. The molecule has 1 aromatic rings. The molecule has 3 N–H and O–H groups in total. The molecule has 0 aromatic heterocycles. The van der Waals surface area contributed by atoms with Gasteiger partial charge in [0, 0.05) is 17.3 Å². The molecule has 0 heterocycles. The molecule has 0 saturated heterocycles. The van der Waals surface area contributed by atoms with Gasteiger partial charge < -0.3 is 16.0 Å². The Hall–Kier alpha value is -1.55. The summed E-state index contributed by atoms with van der Waals surface area (Å²) in [7, 11) is 0. The van der Waals surface area contributed by atoms with E-state index in [0.29, 0.717) is 6.04 Å². The van der Waals surface area contributed by atoms with E-state index < -0.39 is 0 Å². The second-order valence-corrected chi connectivity index (χ2v) is 5.54. The smallest absolute Gasteiger partial charge is 0.319 e. The minimum absolute atomic E-state index is 0.0174. The zero-order valence-corrected chi connectivity index (χ0v) is 11.9. The monoisotopic (exact) mass is 261 g/mol. The molecule has 1 aromatic carbocycles. The quantitative estimate of drug-likeness (QED) is 0.763. The van der Waals surface area contributed by atoms with Crippen LogP contribution in [0.4, 0.5) is 10.5 Å². The van der Waals surface area contributed by atoms with E-state index in [1.807, 2.05) is 24.3 Å². The van der Waals surface area contributed by atoms with E-state index in [4.69, 9.17) is 0 Å². The van der Waals surface area contributed by atoms with Crippen molar-refractivity contribution in [2.45, 2.75) is 45.2 Å². The summed E-state index contributed by atoms with van der Waals surface area (Å²) in [5.74, 6) is 0. The first-order valence-corrected chi connectivity index (χ1v) is 6.95. The summed E-state index contributed by atoms with van der Waals surface area (Å²) in [4.78, 5) is 11.8. The lowest BCUT2D eigenvalue weighted by molar-refractivity contribution is 0.248. The largest absolute Gasteiger partial charge is 0.333 e. The summed E-state index contributed by atoms with van der Waals surface area (Å²) < 4.78 is 0. The molecule has 1 fully saturated rings. The lowest BCUT2D eigenvalue weighted by atomic mass is 10.1. The fraction of sp³-hybridized carbons (Fsp3) is 0.533. The Balaban J connectivity index is 1.89. The van der Waals surface area contributed by atoms with Crippen LogP contribution in [0.3, 0.4) is 0 Å². The maximum absolute atomic E-state index is 11.8. The topological polar surface area (TPSA) is 53.2 Å². The average Bonchev–Trinajstić information content (AvgIpc) is 3.07. The zero-order chi connectivity index (χ0) is 13.9. The summed E-state index contributed by atoms with van der Waals surface area (Å²) in [5, 5.41) is 9.20. The van der Waals surface area contributed by atoms with Crippen molar-refractivity contribution in [3.8, 4) is 0 Å². The van der Waals surface area contributed by atoms with Crippen molar-refractivity contribution in [2.75, 3.05) is 11.9 Å². The van der Waals surface area contributed by atoms with Gasteiger partial charge in [0.1, 0.15) is 0 Å². The Bertz CT molecular complexity index is 437. The molecule has 1 aliphatic rings. The minimum atomic E-state index is -0.118. The summed E-state index contributed by atoms with van der Waals surface area (Å²) in [6, 6.07) is 8.19. The van der Waals surface area contributed by atoms with Crippen LogP contribution in [0.2, 0.25) is 0 Å². The minimum Gasteiger partial charge on any atom is -0.333 e. The van der Waals surface area contributed by atoms with Gasteiger partial charge in [-0.05, 0) is 50.9 Å². The number of urea groups is 1. The first kappa shape index (κ1) is 13.9. The van der Waals surface area contributed by atoms with Gasteiger partial charge in [-0.2, -0.15) is 0 Å². The van der Waals surface area contributed by atoms with E-state index in [0.717, 1.165) is 25.1 Å². The van der Waals surface area contributed by atoms with Gasteiger partial charge in [0.25, 0.3) is 0 Å². The molecular weight excluding hydrogens is 238 g/mol. The number of anilines is 1. The van der Waals surface area contributed by atoms with Gasteiger partial charge in [-0.15, -0.1) is 0 Å². The summed E-state index contributed by atoms with van der Waals surface area (Å²) in [5.41, 5.74) is 2.07. The number of carbonyl (C=O) groups is 1. The summed E-state index contributed by atoms with van der Waals surface area (Å²) in [6.45, 7) is 7.23. The molecule has 0 aliphatic heterocycles. The van der Waals surface area contributed by atoms with Gasteiger partial charge in [0.2, 0.25) is 0 Å². The molecule has 1 aliphatic carbocycles. The Morgan fingerprint density at radius 1 is 1.32 bits per heavy atom. The fourth-order valence-corrected chi connectivity index (χ4v) is 2.03. The molecule has 104 valence electrons. The lowest BCUT2D eigenvalue weighted by Gasteiger charge is -2.15. The van der Waals surface area contributed by atoms with Crippen LogP contribution in [-0.4, -0.2) is 18.1 Å². The van der Waals surface area contributed by atoms with Crippen LogP contribution in [0.1, 0.15) is 45.2 Å². The third-order valence-electron chi connectivity index (χ3n) is 3.59. The van der Waals surface area contributed by atoms with Crippen molar-refractivity contribution in [1.82, 2.24) is 10.6 Å². The highest BCUT2D eigenvalue weighted by Crippen LogP contribution is 2.34. The molecule has 1 saturated carbocycles. The maximum Gasteiger partial charge on any atom is 0.319 e. The van der Waals surface area contributed by atoms with E-state index in [-0.39, 0.29) is 11.6 Å². The number of nitrogens with one attached hydrogen (secondary N) is 3. The molecule has 19 heavy (non-hydrogen) atoms. The molecule has 1 atom stereocenters. The fourth-order valence-electron chi connectivity index (χ4n) is 2.03. The van der Waals surface area contributed by atoms with E-state index in [1.165, 1.54) is 5.56 Å². The van der Waals surface area contributed by atoms with Crippen LogP contribution >= 0.6 is 0 Å². The van der Waals surface area contributed by atoms with Crippen molar-refractivity contribution < 1.29 is 4.79 Å². The summed E-state index contributed by atoms with van der Waals surface area (Å²) >= 11 is 0. The standard InChI is InChI=1S/C15H23N3O/c1-4-16-11(2)12-5-7-13(8-6-12)17-14(19)18-15(3)9-10-15/h5-8,11,16H,4,9-10H2,1-3H3,(H2,17,18,19). The highest BCUT2D eigenvalue weighted by atomic mass is 16.2. The summed E-state index contributed by atoms with van der Waals surface area (Å²) in [6.07, 6.45) is 2.14. The molecule has 1 unspecified atom stereocenters. The van der Waals surface area contributed by atoms with E-state index in [2.05, 4.69) is 36.7 Å². The Kier molecular flexibility index (Phi) is 4.10. The number of hydrogen-bond donors (Lipinski definition) is 3. The number of amides is 2. The first-order valence-electron chi connectivity index (χ1n) is 6.95. The van der Waals surface area contributed by atoms with Crippen LogP contribution in [-0.2, 0) is 0 Å². The van der Waals surface area contributed by atoms with Crippen molar-refractivity contribution in [1.29, 1.82) is 0 Å². The van der Waals surface area contributed by atoms with Gasteiger partial charge in [0.15, 0.2) is 0 Å². The van der Waals surface area contributed by atoms with E-state index in [9.17, 15) is 4.79 Å². The number of rotatable bonds is 5.